The molecule has 3 N–H and O–H groups in total. The van der Waals surface area contributed by atoms with Crippen molar-refractivity contribution in [2.45, 2.75) is 31.8 Å². The zero-order valence-electron chi connectivity index (χ0n) is 10.6. The largest absolute Gasteiger partial charge is 0.480 e. The zero-order chi connectivity index (χ0) is 13.7. The lowest BCUT2D eigenvalue weighted by molar-refractivity contribution is -0.142. The number of nitrogens with zero attached hydrogens (tertiary/aromatic N) is 1. The van der Waals surface area contributed by atoms with Gasteiger partial charge in [-0.25, -0.2) is 4.79 Å². The van der Waals surface area contributed by atoms with Crippen molar-refractivity contribution in [1.29, 1.82) is 0 Å². The molecule has 0 bridgehead atoms. The molecule has 0 spiro atoms. The van der Waals surface area contributed by atoms with Crippen molar-refractivity contribution in [3.63, 3.8) is 0 Å². The molecule has 0 saturated carbocycles. The van der Waals surface area contributed by atoms with E-state index >= 15 is 0 Å². The van der Waals surface area contributed by atoms with Crippen molar-refractivity contribution in [3.05, 3.63) is 0 Å². The number of aliphatic carboxylic acids is 1. The summed E-state index contributed by atoms with van der Waals surface area (Å²) in [5.41, 5.74) is 0. The fourth-order valence-corrected chi connectivity index (χ4v) is 1.96. The number of hydrogen-bond acceptors (Lipinski definition) is 4. The second-order valence-corrected chi connectivity index (χ2v) is 4.48. The molecule has 1 aliphatic heterocycles. The molecule has 0 aromatic heterocycles. The second-order valence-electron chi connectivity index (χ2n) is 4.48. The lowest BCUT2D eigenvalue weighted by Gasteiger charge is -2.21. The van der Waals surface area contributed by atoms with E-state index in [4.69, 9.17) is 5.11 Å². The Labute approximate surface area is 106 Å². The highest BCUT2D eigenvalue weighted by Gasteiger charge is 2.30. The Hall–Kier alpha value is -1.63. The molecule has 2 amide bonds. The monoisotopic (exact) mass is 257 g/mol. The Morgan fingerprint density at radius 2 is 2.11 bits per heavy atom. The summed E-state index contributed by atoms with van der Waals surface area (Å²) < 4.78 is 0. The minimum absolute atomic E-state index is 0.104. The van der Waals surface area contributed by atoms with E-state index < -0.39 is 12.0 Å². The predicted octanol–water partition coefficient (Wildman–Crippen LogP) is -1.21. The third-order valence-electron chi connectivity index (χ3n) is 2.99. The Morgan fingerprint density at radius 1 is 1.44 bits per heavy atom. The van der Waals surface area contributed by atoms with Gasteiger partial charge in [0.05, 0.1) is 6.04 Å². The van der Waals surface area contributed by atoms with Gasteiger partial charge in [0, 0.05) is 13.5 Å². The van der Waals surface area contributed by atoms with Crippen molar-refractivity contribution in [1.82, 2.24) is 15.5 Å². The summed E-state index contributed by atoms with van der Waals surface area (Å²) in [6, 6.07) is -1.36. The molecule has 1 heterocycles. The lowest BCUT2D eigenvalue weighted by Crippen LogP contribution is -2.52. The van der Waals surface area contributed by atoms with Crippen LogP contribution in [0.5, 0.6) is 0 Å². The van der Waals surface area contributed by atoms with Gasteiger partial charge in [-0.05, 0) is 26.4 Å². The van der Waals surface area contributed by atoms with E-state index in [1.165, 1.54) is 6.92 Å². The first kappa shape index (κ1) is 14.4. The molecule has 7 heteroatoms. The first-order valence-corrected chi connectivity index (χ1v) is 5.89. The van der Waals surface area contributed by atoms with Crippen molar-refractivity contribution >= 4 is 17.8 Å². The number of carbonyl (C=O) groups is 3. The third kappa shape index (κ3) is 3.99. The molecule has 0 aromatic rings. The van der Waals surface area contributed by atoms with Crippen LogP contribution in [0.25, 0.3) is 0 Å². The van der Waals surface area contributed by atoms with Crippen LogP contribution in [0.2, 0.25) is 0 Å². The van der Waals surface area contributed by atoms with Gasteiger partial charge in [-0.2, -0.15) is 0 Å². The number of rotatable bonds is 5. The molecular weight excluding hydrogens is 238 g/mol. The van der Waals surface area contributed by atoms with Gasteiger partial charge in [0.25, 0.3) is 0 Å². The highest BCUT2D eigenvalue weighted by molar-refractivity contribution is 5.87. The molecule has 1 fully saturated rings. The van der Waals surface area contributed by atoms with Crippen LogP contribution < -0.4 is 10.6 Å². The highest BCUT2D eigenvalue weighted by atomic mass is 16.4. The number of carbonyl (C=O) groups excluding carboxylic acids is 2. The van der Waals surface area contributed by atoms with Gasteiger partial charge in [0.1, 0.15) is 6.04 Å². The van der Waals surface area contributed by atoms with Crippen LogP contribution in [0.15, 0.2) is 0 Å². The topological polar surface area (TPSA) is 98.7 Å². The number of hydrogen-bond donors (Lipinski definition) is 3. The van der Waals surface area contributed by atoms with Gasteiger partial charge < -0.3 is 15.7 Å². The smallest absolute Gasteiger partial charge is 0.328 e. The minimum Gasteiger partial charge on any atom is -0.480 e. The van der Waals surface area contributed by atoms with Gasteiger partial charge in [-0.1, -0.05) is 0 Å². The van der Waals surface area contributed by atoms with Crippen molar-refractivity contribution in [2.75, 3.05) is 20.1 Å². The molecule has 0 aromatic carbocycles. The molecule has 2 atom stereocenters. The zero-order valence-corrected chi connectivity index (χ0v) is 10.6. The van der Waals surface area contributed by atoms with Gasteiger partial charge in [-0.3, -0.25) is 14.5 Å². The van der Waals surface area contributed by atoms with Crippen LogP contribution in [0.1, 0.15) is 19.8 Å². The number of likely N-dealkylation sites (N-methyl/N-ethyl adjacent to an activating group) is 1. The highest BCUT2D eigenvalue weighted by Crippen LogP contribution is 2.14. The average Bonchev–Trinajstić information content (AvgIpc) is 2.69. The normalized spacial score (nSPS) is 21.3. The van der Waals surface area contributed by atoms with Gasteiger partial charge in [0.15, 0.2) is 0 Å². The maximum atomic E-state index is 11.9. The Bertz CT molecular complexity index is 345. The Balaban J connectivity index is 2.52. The van der Waals surface area contributed by atoms with E-state index in [0.29, 0.717) is 0 Å². The SMILES string of the molecule is CC(=O)NC[C@H](NC(=O)C1CCCN1C)C(=O)O. The predicted molar refractivity (Wildman–Crippen MR) is 63.9 cm³/mol. The number of amides is 2. The standard InChI is InChI=1S/C11H19N3O4/c1-7(15)12-6-8(11(17)18)13-10(16)9-4-3-5-14(9)2/h8-9H,3-6H2,1-2H3,(H,12,15)(H,13,16)(H,17,18)/t8-,9?/m0/s1. The maximum Gasteiger partial charge on any atom is 0.328 e. The number of nitrogens with one attached hydrogen (secondary N) is 2. The number of carboxylic acid groups (broad SMARTS) is 1. The quantitative estimate of drug-likeness (QED) is 0.574. The summed E-state index contributed by atoms with van der Waals surface area (Å²) in [5, 5.41) is 13.8. The van der Waals surface area contributed by atoms with E-state index in [-0.39, 0.29) is 24.4 Å². The summed E-state index contributed by atoms with van der Waals surface area (Å²) in [4.78, 5) is 35.5. The van der Waals surface area contributed by atoms with E-state index in [1.54, 1.807) is 0 Å². The van der Waals surface area contributed by atoms with E-state index in [2.05, 4.69) is 10.6 Å². The van der Waals surface area contributed by atoms with Crippen LogP contribution in [-0.4, -0.2) is 60.0 Å². The molecule has 1 aliphatic rings. The first-order chi connectivity index (χ1) is 8.41. The molecule has 1 rings (SSSR count). The van der Waals surface area contributed by atoms with Crippen LogP contribution in [0.4, 0.5) is 0 Å². The van der Waals surface area contributed by atoms with Gasteiger partial charge in [-0.15, -0.1) is 0 Å². The Kier molecular flexibility index (Phi) is 5.08. The summed E-state index contributed by atoms with van der Waals surface area (Å²) >= 11 is 0. The summed E-state index contributed by atoms with van der Waals surface area (Å²) in [5.74, 6) is -1.78. The second kappa shape index (κ2) is 6.34. The van der Waals surface area contributed by atoms with Crippen LogP contribution in [0.3, 0.4) is 0 Å². The van der Waals surface area contributed by atoms with Gasteiger partial charge in [0.2, 0.25) is 11.8 Å². The van der Waals surface area contributed by atoms with E-state index in [1.807, 2.05) is 11.9 Å². The number of carboxylic acids is 1. The van der Waals surface area contributed by atoms with Crippen LogP contribution in [-0.2, 0) is 14.4 Å². The van der Waals surface area contributed by atoms with E-state index in [9.17, 15) is 14.4 Å². The third-order valence-corrected chi connectivity index (χ3v) is 2.99. The first-order valence-electron chi connectivity index (χ1n) is 5.89. The molecular formula is C11H19N3O4. The fraction of sp³-hybridized carbons (Fsp3) is 0.727. The summed E-state index contributed by atoms with van der Waals surface area (Å²) in [6.45, 7) is 2.03. The molecule has 1 saturated heterocycles. The molecule has 7 nitrogen and oxygen atoms in total. The number of likely N-dealkylation sites (tertiary alicyclic amines) is 1. The van der Waals surface area contributed by atoms with Gasteiger partial charge >= 0.3 is 5.97 Å². The molecule has 0 aliphatic carbocycles. The van der Waals surface area contributed by atoms with Crippen molar-refractivity contribution in [3.8, 4) is 0 Å². The average molecular weight is 257 g/mol. The van der Waals surface area contributed by atoms with Crippen molar-refractivity contribution < 1.29 is 19.5 Å². The lowest BCUT2D eigenvalue weighted by atomic mass is 10.2. The Morgan fingerprint density at radius 3 is 2.56 bits per heavy atom. The van der Waals surface area contributed by atoms with E-state index in [0.717, 1.165) is 19.4 Å². The molecule has 18 heavy (non-hydrogen) atoms. The summed E-state index contributed by atoms with van der Waals surface area (Å²) in [7, 11) is 1.83. The molecule has 1 unspecified atom stereocenters. The summed E-state index contributed by atoms with van der Waals surface area (Å²) in [6.07, 6.45) is 1.66. The molecule has 102 valence electrons. The minimum atomic E-state index is -1.15. The maximum absolute atomic E-state index is 11.9. The van der Waals surface area contributed by atoms with Crippen LogP contribution in [0, 0.1) is 0 Å². The van der Waals surface area contributed by atoms with Crippen molar-refractivity contribution in [2.24, 2.45) is 0 Å². The fourth-order valence-electron chi connectivity index (χ4n) is 1.96. The molecule has 0 radical (unpaired) electrons. The van der Waals surface area contributed by atoms with Crippen LogP contribution >= 0.6 is 0 Å².